The van der Waals surface area contributed by atoms with E-state index in [1.165, 1.54) is 0 Å². The molecule has 0 bridgehead atoms. The molecule has 1 aromatic rings. The van der Waals surface area contributed by atoms with E-state index >= 15 is 0 Å². The molecule has 1 atom stereocenters. The van der Waals surface area contributed by atoms with Gasteiger partial charge in [-0.25, -0.2) is 4.98 Å². The van der Waals surface area contributed by atoms with Crippen molar-refractivity contribution < 1.29 is 4.92 Å². The molecule has 7 nitrogen and oxygen atoms in total. The van der Waals surface area contributed by atoms with Gasteiger partial charge in [-0.2, -0.15) is 4.98 Å². The molecule has 7 heteroatoms. The van der Waals surface area contributed by atoms with Crippen molar-refractivity contribution in [3.8, 4) is 0 Å². The summed E-state index contributed by atoms with van der Waals surface area (Å²) >= 11 is 0. The summed E-state index contributed by atoms with van der Waals surface area (Å²) in [5.74, 6) is 1.23. The van der Waals surface area contributed by atoms with Gasteiger partial charge in [-0.3, -0.25) is 10.1 Å². The Balaban J connectivity index is 3.06. The minimum absolute atomic E-state index is 0.0485. The number of hydrogen-bond acceptors (Lipinski definition) is 6. The molecule has 1 aromatic heterocycles. The van der Waals surface area contributed by atoms with Crippen LogP contribution in [0.2, 0.25) is 0 Å². The molecule has 0 spiro atoms. The highest BCUT2D eigenvalue weighted by Gasteiger charge is 2.23. The second-order valence-corrected chi connectivity index (χ2v) is 5.69. The first-order valence-corrected chi connectivity index (χ1v) is 7.38. The number of aryl methyl sites for hydroxylation is 1. The highest BCUT2D eigenvalue weighted by atomic mass is 16.6. The fourth-order valence-electron chi connectivity index (χ4n) is 2.20. The quantitative estimate of drug-likeness (QED) is 0.564. The standard InChI is InChI=1S/C14H25N5O2/c1-6-7-15-14-17-11(5)12(19(20)21)13(18-14)16-10(4)8-9(2)3/h9-10H,6-8H2,1-5H3,(H2,15,16,17,18). The minimum Gasteiger partial charge on any atom is -0.362 e. The van der Waals surface area contributed by atoms with E-state index in [9.17, 15) is 10.1 Å². The van der Waals surface area contributed by atoms with E-state index in [2.05, 4.69) is 34.4 Å². The van der Waals surface area contributed by atoms with Gasteiger partial charge in [0.15, 0.2) is 0 Å². The van der Waals surface area contributed by atoms with Crippen LogP contribution < -0.4 is 10.6 Å². The lowest BCUT2D eigenvalue weighted by Gasteiger charge is -2.17. The number of nitrogens with one attached hydrogen (secondary N) is 2. The molecule has 0 radical (unpaired) electrons. The van der Waals surface area contributed by atoms with Crippen molar-refractivity contribution in [2.45, 2.75) is 53.5 Å². The summed E-state index contributed by atoms with van der Waals surface area (Å²) in [4.78, 5) is 19.2. The van der Waals surface area contributed by atoms with Gasteiger partial charge in [0, 0.05) is 12.6 Å². The fourth-order valence-corrected chi connectivity index (χ4v) is 2.20. The van der Waals surface area contributed by atoms with Crippen LogP contribution in [0.3, 0.4) is 0 Å². The van der Waals surface area contributed by atoms with Crippen LogP contribution >= 0.6 is 0 Å². The highest BCUT2D eigenvalue weighted by Crippen LogP contribution is 2.27. The van der Waals surface area contributed by atoms with Crippen LogP contribution in [0, 0.1) is 23.0 Å². The average molecular weight is 295 g/mol. The van der Waals surface area contributed by atoms with Gasteiger partial charge in [0.25, 0.3) is 0 Å². The van der Waals surface area contributed by atoms with Gasteiger partial charge in [-0.05, 0) is 32.6 Å². The summed E-state index contributed by atoms with van der Waals surface area (Å²) in [6, 6.07) is 0.108. The molecule has 1 unspecified atom stereocenters. The lowest BCUT2D eigenvalue weighted by atomic mass is 10.1. The van der Waals surface area contributed by atoms with E-state index < -0.39 is 4.92 Å². The number of aromatic nitrogens is 2. The first-order chi connectivity index (χ1) is 9.85. The molecule has 0 aliphatic heterocycles. The summed E-state index contributed by atoms with van der Waals surface area (Å²) in [5, 5.41) is 17.5. The Kier molecular flexibility index (Phi) is 6.33. The Hall–Kier alpha value is -1.92. The van der Waals surface area contributed by atoms with Crippen molar-refractivity contribution in [2.75, 3.05) is 17.2 Å². The van der Waals surface area contributed by atoms with Crippen molar-refractivity contribution in [2.24, 2.45) is 5.92 Å². The van der Waals surface area contributed by atoms with Crippen molar-refractivity contribution in [1.82, 2.24) is 9.97 Å². The molecule has 0 aromatic carbocycles. The lowest BCUT2D eigenvalue weighted by Crippen LogP contribution is -2.20. The van der Waals surface area contributed by atoms with Crippen molar-refractivity contribution in [1.29, 1.82) is 0 Å². The van der Waals surface area contributed by atoms with Crippen LogP contribution in [0.5, 0.6) is 0 Å². The molecule has 0 aliphatic rings. The molecular formula is C14H25N5O2. The number of hydrogen-bond donors (Lipinski definition) is 2. The van der Waals surface area contributed by atoms with Gasteiger partial charge >= 0.3 is 5.69 Å². The first kappa shape index (κ1) is 17.1. The Bertz CT molecular complexity index is 490. The average Bonchev–Trinajstić information content (AvgIpc) is 2.34. The van der Waals surface area contributed by atoms with E-state index in [1.54, 1.807) is 6.92 Å². The number of rotatable bonds is 8. The third-order valence-electron chi connectivity index (χ3n) is 2.98. The van der Waals surface area contributed by atoms with Gasteiger partial charge < -0.3 is 10.6 Å². The van der Waals surface area contributed by atoms with Crippen LogP contribution in [-0.2, 0) is 0 Å². The number of anilines is 2. The summed E-state index contributed by atoms with van der Waals surface area (Å²) in [6.07, 6.45) is 1.85. The van der Waals surface area contributed by atoms with E-state index in [0.717, 1.165) is 19.4 Å². The molecular weight excluding hydrogens is 270 g/mol. The summed E-state index contributed by atoms with van der Waals surface area (Å²) in [5.41, 5.74) is 0.320. The molecule has 1 heterocycles. The monoisotopic (exact) mass is 295 g/mol. The van der Waals surface area contributed by atoms with E-state index in [4.69, 9.17) is 0 Å². The molecule has 1 rings (SSSR count). The highest BCUT2D eigenvalue weighted by molar-refractivity contribution is 5.61. The summed E-state index contributed by atoms with van der Waals surface area (Å²) in [6.45, 7) is 10.6. The third kappa shape index (κ3) is 5.17. The van der Waals surface area contributed by atoms with Crippen LogP contribution in [0.15, 0.2) is 0 Å². The predicted octanol–water partition coefficient (Wildman–Crippen LogP) is 3.36. The maximum absolute atomic E-state index is 11.2. The topological polar surface area (TPSA) is 93.0 Å². The molecule has 118 valence electrons. The lowest BCUT2D eigenvalue weighted by molar-refractivity contribution is -0.385. The van der Waals surface area contributed by atoms with Crippen molar-refractivity contribution >= 4 is 17.5 Å². The summed E-state index contributed by atoms with van der Waals surface area (Å²) < 4.78 is 0. The number of nitro groups is 1. The van der Waals surface area contributed by atoms with Gasteiger partial charge in [0.2, 0.25) is 11.8 Å². The molecule has 0 saturated heterocycles. The molecule has 0 aliphatic carbocycles. The Morgan fingerprint density at radius 3 is 2.48 bits per heavy atom. The predicted molar refractivity (Wildman–Crippen MR) is 84.7 cm³/mol. The van der Waals surface area contributed by atoms with E-state index in [1.807, 2.05) is 13.8 Å². The van der Waals surface area contributed by atoms with E-state index in [-0.39, 0.29) is 11.7 Å². The number of nitrogens with zero attached hydrogens (tertiary/aromatic N) is 3. The second kappa shape index (κ2) is 7.75. The van der Waals surface area contributed by atoms with Crippen molar-refractivity contribution in [3.63, 3.8) is 0 Å². The SMILES string of the molecule is CCCNc1nc(C)c([N+](=O)[O-])c(NC(C)CC(C)C)n1. The molecule has 0 saturated carbocycles. The summed E-state index contributed by atoms with van der Waals surface area (Å²) in [7, 11) is 0. The van der Waals surface area contributed by atoms with E-state index in [0.29, 0.717) is 23.4 Å². The van der Waals surface area contributed by atoms with Crippen LogP contribution in [0.4, 0.5) is 17.5 Å². The minimum atomic E-state index is -0.427. The Labute approximate surface area is 125 Å². The second-order valence-electron chi connectivity index (χ2n) is 5.69. The Morgan fingerprint density at radius 1 is 1.29 bits per heavy atom. The van der Waals surface area contributed by atoms with Gasteiger partial charge in [0.1, 0.15) is 5.69 Å². The Morgan fingerprint density at radius 2 is 1.95 bits per heavy atom. The molecule has 2 N–H and O–H groups in total. The first-order valence-electron chi connectivity index (χ1n) is 7.38. The largest absolute Gasteiger partial charge is 0.362 e. The van der Waals surface area contributed by atoms with Gasteiger partial charge in [0.05, 0.1) is 4.92 Å². The maximum Gasteiger partial charge on any atom is 0.332 e. The smallest absolute Gasteiger partial charge is 0.332 e. The van der Waals surface area contributed by atoms with Gasteiger partial charge in [-0.15, -0.1) is 0 Å². The van der Waals surface area contributed by atoms with Gasteiger partial charge in [-0.1, -0.05) is 20.8 Å². The molecule has 0 amide bonds. The molecule has 21 heavy (non-hydrogen) atoms. The van der Waals surface area contributed by atoms with Crippen LogP contribution in [0.25, 0.3) is 0 Å². The van der Waals surface area contributed by atoms with Crippen LogP contribution in [-0.4, -0.2) is 27.5 Å². The van der Waals surface area contributed by atoms with Crippen LogP contribution in [0.1, 0.15) is 46.2 Å². The third-order valence-corrected chi connectivity index (χ3v) is 2.98. The maximum atomic E-state index is 11.2. The van der Waals surface area contributed by atoms with Crippen molar-refractivity contribution in [3.05, 3.63) is 15.8 Å². The zero-order valence-electron chi connectivity index (χ0n) is 13.4. The zero-order valence-corrected chi connectivity index (χ0v) is 13.4. The zero-order chi connectivity index (χ0) is 16.0. The molecule has 0 fully saturated rings. The fraction of sp³-hybridized carbons (Fsp3) is 0.714. The normalized spacial score (nSPS) is 12.3.